The van der Waals surface area contributed by atoms with E-state index in [1.807, 2.05) is 38.1 Å². The maximum absolute atomic E-state index is 14.2. The van der Waals surface area contributed by atoms with Crippen LogP contribution in [0, 0.1) is 11.5 Å². The van der Waals surface area contributed by atoms with Gasteiger partial charge < -0.3 is 15.2 Å². The molecule has 8 heteroatoms. The maximum atomic E-state index is 14.2. The quantitative estimate of drug-likeness (QED) is 0.176. The van der Waals surface area contributed by atoms with Gasteiger partial charge in [-0.15, -0.1) is 5.54 Å². The highest BCUT2D eigenvalue weighted by molar-refractivity contribution is 6.90. The highest BCUT2D eigenvalue weighted by Gasteiger charge is 2.45. The molecule has 4 aromatic rings. The summed E-state index contributed by atoms with van der Waals surface area (Å²) in [5, 5.41) is 0. The molecule has 45 heavy (non-hydrogen) atoms. The first-order chi connectivity index (χ1) is 22.5. The molecule has 2 bridgehead atoms. The molecule has 0 saturated heterocycles. The van der Waals surface area contributed by atoms with Crippen LogP contribution in [0.2, 0.25) is 16.6 Å². The number of benzene rings is 2. The topological polar surface area (TPSA) is 89.9 Å². The molecule has 0 aliphatic carbocycles. The predicted molar refractivity (Wildman–Crippen MR) is 185 cm³/mol. The number of imidazole rings is 1. The first-order valence-electron chi connectivity index (χ1n) is 17.7. The number of rotatable bonds is 6. The highest BCUT2D eigenvalue weighted by atomic mass is 28.3. The Labute approximate surface area is 272 Å². The van der Waals surface area contributed by atoms with Crippen molar-refractivity contribution in [2.75, 3.05) is 6.98 Å². The maximum Gasteiger partial charge on any atom is 0.254 e. The minimum Gasteiger partial charge on any atom is -0.331 e. The van der Waals surface area contributed by atoms with Crippen LogP contribution in [-0.2, 0) is 5.54 Å². The van der Waals surface area contributed by atoms with Gasteiger partial charge in [-0.1, -0.05) is 66.5 Å². The van der Waals surface area contributed by atoms with Gasteiger partial charge in [0.05, 0.1) is 28.7 Å². The average molecular weight is 622 g/mol. The Morgan fingerprint density at radius 2 is 1.73 bits per heavy atom. The fourth-order valence-corrected chi connectivity index (χ4v) is 13.0. The van der Waals surface area contributed by atoms with Gasteiger partial charge in [0, 0.05) is 52.2 Å². The van der Waals surface area contributed by atoms with Crippen LogP contribution in [0.25, 0.3) is 22.2 Å². The van der Waals surface area contributed by atoms with Crippen molar-refractivity contribution in [1.82, 2.24) is 24.4 Å². The lowest BCUT2D eigenvalue weighted by atomic mass is 9.93. The van der Waals surface area contributed by atoms with Crippen LogP contribution < -0.4 is 5.73 Å². The summed E-state index contributed by atoms with van der Waals surface area (Å²) in [5.41, 5.74) is 16.2. The molecule has 2 aliphatic heterocycles. The minimum absolute atomic E-state index is 0.323. The Bertz CT molecular complexity index is 1930. The lowest BCUT2D eigenvalue weighted by molar-refractivity contribution is 0.0734. The van der Waals surface area contributed by atoms with Crippen LogP contribution in [-0.4, -0.2) is 45.4 Å². The van der Waals surface area contributed by atoms with Gasteiger partial charge in [0.1, 0.15) is 19.7 Å². The van der Waals surface area contributed by atoms with Crippen molar-refractivity contribution < 1.29 is 8.91 Å². The second-order valence-corrected chi connectivity index (χ2v) is 19.5. The zero-order valence-electron chi connectivity index (χ0n) is 30.6. The summed E-state index contributed by atoms with van der Waals surface area (Å²) in [6.07, 6.45) is 4.70. The van der Waals surface area contributed by atoms with E-state index in [9.17, 15) is 4.79 Å². The molecule has 2 aliphatic rings. The number of nitrogens with two attached hydrogens (primary N) is 1. The van der Waals surface area contributed by atoms with E-state index in [2.05, 4.69) is 73.6 Å². The van der Waals surface area contributed by atoms with Gasteiger partial charge in [0.2, 0.25) is 0 Å². The van der Waals surface area contributed by atoms with Crippen molar-refractivity contribution in [2.24, 2.45) is 5.73 Å². The lowest BCUT2D eigenvalue weighted by Gasteiger charge is -2.38. The first kappa shape index (κ1) is 27.5. The standard InChI is InChI=1S/C37H46N6OSi/c1-10-37(8,38)36-39-20-27(21-40-36)26-14-15-29-30(18-26)43-31-19-32(34(43)41-29)42(9)35(44)28-13-11-12-25(33(28)31)16-17-45(22(2)3,23(4)5)24(6)7/h11-15,18,20-24,31-32H,10,19,38H2,1-9H3/t31-,32-,37?/m1/s1/i9D3. The molecule has 0 spiro atoms. The number of hydrogen-bond acceptors (Lipinski definition) is 5. The molecule has 0 saturated carbocycles. The predicted octanol–water partition coefficient (Wildman–Crippen LogP) is 7.77. The van der Waals surface area contributed by atoms with Crippen molar-refractivity contribution in [3.05, 3.63) is 77.1 Å². The molecule has 0 fully saturated rings. The third-order valence-electron chi connectivity index (χ3n) is 10.5. The van der Waals surface area contributed by atoms with Gasteiger partial charge in [0.15, 0.2) is 0 Å². The molecule has 1 unspecified atom stereocenters. The second-order valence-electron chi connectivity index (χ2n) is 14.0. The number of fused-ring (bicyclic) bond motifs is 9. The van der Waals surface area contributed by atoms with E-state index < -0.39 is 32.5 Å². The van der Waals surface area contributed by atoms with Crippen molar-refractivity contribution in [3.8, 4) is 22.6 Å². The summed E-state index contributed by atoms with van der Waals surface area (Å²) >= 11 is 0. The van der Waals surface area contributed by atoms with Crippen LogP contribution in [0.4, 0.5) is 0 Å². The van der Waals surface area contributed by atoms with E-state index in [1.54, 1.807) is 18.5 Å². The average Bonchev–Trinajstić information content (AvgIpc) is 3.53. The first-order valence-corrected chi connectivity index (χ1v) is 18.4. The molecular formula is C37H46N6OSi. The summed E-state index contributed by atoms with van der Waals surface area (Å²) in [7, 11) is -2.10. The molecule has 4 heterocycles. The minimum atomic E-state index is -2.65. The molecular weight excluding hydrogens is 573 g/mol. The zero-order valence-corrected chi connectivity index (χ0v) is 28.6. The van der Waals surface area contributed by atoms with Crippen molar-refractivity contribution in [1.29, 1.82) is 0 Å². The van der Waals surface area contributed by atoms with Crippen LogP contribution in [0.15, 0.2) is 48.8 Å². The van der Waals surface area contributed by atoms with E-state index in [-0.39, 0.29) is 6.04 Å². The van der Waals surface area contributed by atoms with E-state index in [1.165, 1.54) is 0 Å². The molecule has 7 nitrogen and oxygen atoms in total. The monoisotopic (exact) mass is 621 g/mol. The third-order valence-corrected chi connectivity index (χ3v) is 16.8. The SMILES string of the molecule is [2H]C([2H])([2H])N1C(=O)c2cccc(C#C[Si](C(C)C)(C(C)C)C(C)C)c2[C@H]2C[C@@H]1c1nc3ccc(-c4cnc(C(C)(N)CC)nc4)cc3n12. The van der Waals surface area contributed by atoms with Gasteiger partial charge in [-0.3, -0.25) is 4.79 Å². The summed E-state index contributed by atoms with van der Waals surface area (Å²) in [5.74, 6) is 4.27. The Balaban J connectivity index is 1.57. The van der Waals surface area contributed by atoms with Crippen LogP contribution in [0.5, 0.6) is 0 Å². The fourth-order valence-electron chi connectivity index (χ4n) is 7.77. The fraction of sp³-hybridized carbons (Fsp3) is 0.459. The Kier molecular flexibility index (Phi) is 6.86. The van der Waals surface area contributed by atoms with Crippen LogP contribution in [0.3, 0.4) is 0 Å². The molecule has 234 valence electrons. The zero-order chi connectivity index (χ0) is 34.9. The van der Waals surface area contributed by atoms with E-state index in [0.29, 0.717) is 46.7 Å². The van der Waals surface area contributed by atoms with Crippen molar-refractivity contribution >= 4 is 25.0 Å². The summed E-state index contributed by atoms with van der Waals surface area (Å²) in [6.45, 7) is 15.0. The number of carbonyl (C=O) groups excluding carboxylic acids is 1. The van der Waals surface area contributed by atoms with E-state index >= 15 is 0 Å². The third kappa shape index (κ3) is 4.83. The Morgan fingerprint density at radius 1 is 1.04 bits per heavy atom. The summed E-state index contributed by atoms with van der Waals surface area (Å²) < 4.78 is 27.5. The molecule has 2 aromatic heterocycles. The number of hydrogen-bond donors (Lipinski definition) is 1. The van der Waals surface area contributed by atoms with Gasteiger partial charge in [0.25, 0.3) is 5.91 Å². The van der Waals surface area contributed by atoms with Gasteiger partial charge in [-0.05, 0) is 59.8 Å². The van der Waals surface area contributed by atoms with E-state index in [0.717, 1.165) is 38.2 Å². The summed E-state index contributed by atoms with van der Waals surface area (Å²) in [4.78, 5) is 29.4. The number of aromatic nitrogens is 4. The smallest absolute Gasteiger partial charge is 0.254 e. The highest BCUT2D eigenvalue weighted by Crippen LogP contribution is 2.49. The number of nitrogens with zero attached hydrogens (tertiary/aromatic N) is 5. The van der Waals surface area contributed by atoms with Gasteiger partial charge in [-0.2, -0.15) is 0 Å². The molecule has 0 radical (unpaired) electrons. The van der Waals surface area contributed by atoms with Crippen molar-refractivity contribution in [2.45, 2.75) is 102 Å². The molecule has 2 aromatic carbocycles. The van der Waals surface area contributed by atoms with Crippen LogP contribution >= 0.6 is 0 Å². The van der Waals surface area contributed by atoms with Gasteiger partial charge >= 0.3 is 0 Å². The molecule has 2 N–H and O–H groups in total. The Hall–Kier alpha value is -3.80. The number of amides is 1. The molecule has 6 rings (SSSR count). The van der Waals surface area contributed by atoms with E-state index in [4.69, 9.17) is 14.8 Å². The number of carbonyl (C=O) groups is 1. The Morgan fingerprint density at radius 3 is 2.36 bits per heavy atom. The van der Waals surface area contributed by atoms with Crippen molar-refractivity contribution in [3.63, 3.8) is 0 Å². The lowest BCUT2D eigenvalue weighted by Crippen LogP contribution is -2.43. The summed E-state index contributed by atoms with van der Waals surface area (Å²) in [6, 6.07) is 10.5. The second kappa shape index (κ2) is 11.2. The largest absolute Gasteiger partial charge is 0.331 e. The van der Waals surface area contributed by atoms with Crippen LogP contribution in [0.1, 0.15) is 118 Å². The molecule has 3 atom stereocenters. The van der Waals surface area contributed by atoms with Gasteiger partial charge in [-0.25, -0.2) is 15.0 Å². The molecule has 1 amide bonds. The normalized spacial score (nSPS) is 20.3.